The number of hydrogen-bond acceptors (Lipinski definition) is 5. The molecule has 0 bridgehead atoms. The molecule has 1 amide bonds. The maximum absolute atomic E-state index is 11.8. The fourth-order valence-electron chi connectivity index (χ4n) is 2.23. The van der Waals surface area contributed by atoms with Crippen LogP contribution in [0.3, 0.4) is 0 Å². The molecule has 1 N–H and O–H groups in total. The summed E-state index contributed by atoms with van der Waals surface area (Å²) in [6.07, 6.45) is 1.58. The number of benzene rings is 2. The highest BCUT2D eigenvalue weighted by Crippen LogP contribution is 2.14. The molecule has 0 aliphatic carbocycles. The van der Waals surface area contributed by atoms with Crippen molar-refractivity contribution in [2.45, 2.75) is 26.7 Å². The van der Waals surface area contributed by atoms with Crippen LogP contribution in [0.15, 0.2) is 53.6 Å². The number of esters is 1. The molecule has 0 saturated heterocycles. The highest BCUT2D eigenvalue weighted by Gasteiger charge is 2.07. The molecule has 0 saturated carbocycles. The number of rotatable bonds is 8. The first-order valence-corrected chi connectivity index (χ1v) is 8.81. The Morgan fingerprint density at radius 1 is 1.07 bits per heavy atom. The van der Waals surface area contributed by atoms with Gasteiger partial charge in [-0.2, -0.15) is 5.10 Å². The number of carbonyl (C=O) groups excluding carboxylic acids is 2. The van der Waals surface area contributed by atoms with Crippen LogP contribution < -0.4 is 10.2 Å². The Bertz CT molecular complexity index is 781. The number of nitrogens with zero attached hydrogens (tertiary/aromatic N) is 1. The molecule has 2 rings (SSSR count). The van der Waals surface area contributed by atoms with Crippen molar-refractivity contribution in [1.82, 2.24) is 5.43 Å². The molecule has 0 heterocycles. The third-order valence-electron chi connectivity index (χ3n) is 3.74. The second kappa shape index (κ2) is 10.1. The highest BCUT2D eigenvalue weighted by molar-refractivity contribution is 5.89. The minimum absolute atomic E-state index is 0.178. The van der Waals surface area contributed by atoms with Crippen molar-refractivity contribution in [3.63, 3.8) is 0 Å². The van der Waals surface area contributed by atoms with Crippen LogP contribution in [0.2, 0.25) is 0 Å². The summed E-state index contributed by atoms with van der Waals surface area (Å²) in [5, 5.41) is 3.92. The second-order valence-electron chi connectivity index (χ2n) is 6.15. The summed E-state index contributed by atoms with van der Waals surface area (Å²) in [7, 11) is 0. The molecule has 27 heavy (non-hydrogen) atoms. The normalized spacial score (nSPS) is 10.8. The average molecular weight is 368 g/mol. The Morgan fingerprint density at radius 3 is 2.33 bits per heavy atom. The Hall–Kier alpha value is -3.15. The van der Waals surface area contributed by atoms with Crippen LogP contribution >= 0.6 is 0 Å². The van der Waals surface area contributed by atoms with E-state index in [1.807, 2.05) is 24.3 Å². The van der Waals surface area contributed by atoms with Gasteiger partial charge in [0.05, 0.1) is 18.4 Å². The van der Waals surface area contributed by atoms with E-state index in [1.54, 1.807) is 37.4 Å². The molecule has 0 atom stereocenters. The van der Waals surface area contributed by atoms with Gasteiger partial charge in [-0.15, -0.1) is 0 Å². The van der Waals surface area contributed by atoms with Crippen LogP contribution in [0, 0.1) is 0 Å². The van der Waals surface area contributed by atoms with E-state index in [9.17, 15) is 9.59 Å². The molecule has 142 valence electrons. The first-order valence-electron chi connectivity index (χ1n) is 8.81. The molecular weight excluding hydrogens is 344 g/mol. The van der Waals surface area contributed by atoms with Crippen LogP contribution in [0.25, 0.3) is 0 Å². The fourth-order valence-corrected chi connectivity index (χ4v) is 2.23. The smallest absolute Gasteiger partial charge is 0.338 e. The van der Waals surface area contributed by atoms with E-state index in [4.69, 9.17) is 9.47 Å². The summed E-state index contributed by atoms with van der Waals surface area (Å²) in [5.74, 6) is 0.183. The Balaban J connectivity index is 1.78. The summed E-state index contributed by atoms with van der Waals surface area (Å²) in [6, 6.07) is 14.4. The van der Waals surface area contributed by atoms with Gasteiger partial charge in [0.2, 0.25) is 0 Å². The van der Waals surface area contributed by atoms with Gasteiger partial charge in [0.25, 0.3) is 5.91 Å². The Morgan fingerprint density at radius 2 is 1.74 bits per heavy atom. The lowest BCUT2D eigenvalue weighted by molar-refractivity contribution is -0.123. The standard InChI is InChI=1S/C21H24N2O4/c1-4-26-21(25)18-9-11-19(12-10-18)27-14-20(24)23-22-13-16-5-7-17(8-6-16)15(2)3/h5-13,15H,4,14H2,1-3H3,(H,23,24). The molecule has 6 heteroatoms. The van der Waals surface area contributed by atoms with Crippen molar-refractivity contribution < 1.29 is 19.1 Å². The predicted octanol–water partition coefficient (Wildman–Crippen LogP) is 3.52. The maximum Gasteiger partial charge on any atom is 0.338 e. The molecule has 0 radical (unpaired) electrons. The van der Waals surface area contributed by atoms with Crippen molar-refractivity contribution in [2.75, 3.05) is 13.2 Å². The molecule has 0 spiro atoms. The minimum atomic E-state index is -0.391. The zero-order valence-electron chi connectivity index (χ0n) is 15.8. The molecule has 0 aromatic heterocycles. The predicted molar refractivity (Wildman–Crippen MR) is 104 cm³/mol. The van der Waals surface area contributed by atoms with E-state index in [1.165, 1.54) is 5.56 Å². The number of ether oxygens (including phenoxy) is 2. The van der Waals surface area contributed by atoms with Crippen molar-refractivity contribution in [1.29, 1.82) is 0 Å². The first-order chi connectivity index (χ1) is 13.0. The molecule has 0 aliphatic rings. The summed E-state index contributed by atoms with van der Waals surface area (Å²) in [6.45, 7) is 6.15. The van der Waals surface area contributed by atoms with Gasteiger partial charge in [-0.25, -0.2) is 10.2 Å². The van der Waals surface area contributed by atoms with E-state index < -0.39 is 5.97 Å². The van der Waals surface area contributed by atoms with Gasteiger partial charge in [0.1, 0.15) is 5.75 Å². The lowest BCUT2D eigenvalue weighted by Gasteiger charge is -2.06. The van der Waals surface area contributed by atoms with Gasteiger partial charge in [-0.1, -0.05) is 38.1 Å². The monoisotopic (exact) mass is 368 g/mol. The lowest BCUT2D eigenvalue weighted by Crippen LogP contribution is -2.24. The molecule has 2 aromatic rings. The molecular formula is C21H24N2O4. The zero-order chi connectivity index (χ0) is 19.6. The third-order valence-corrected chi connectivity index (χ3v) is 3.74. The van der Waals surface area contributed by atoms with Crippen molar-refractivity contribution in [2.24, 2.45) is 5.10 Å². The largest absolute Gasteiger partial charge is 0.484 e. The average Bonchev–Trinajstić information content (AvgIpc) is 2.67. The van der Waals surface area contributed by atoms with Crippen LogP contribution in [0.5, 0.6) is 5.75 Å². The molecule has 0 aliphatic heterocycles. The molecule has 2 aromatic carbocycles. The summed E-state index contributed by atoms with van der Waals surface area (Å²) in [5.41, 5.74) is 5.00. The van der Waals surface area contributed by atoms with E-state index in [0.717, 1.165) is 5.56 Å². The van der Waals surface area contributed by atoms with Crippen molar-refractivity contribution in [3.05, 3.63) is 65.2 Å². The van der Waals surface area contributed by atoms with E-state index in [2.05, 4.69) is 24.4 Å². The van der Waals surface area contributed by atoms with E-state index in [0.29, 0.717) is 23.8 Å². The molecule has 6 nitrogen and oxygen atoms in total. The van der Waals surface area contributed by atoms with Gasteiger partial charge in [-0.05, 0) is 48.2 Å². The van der Waals surface area contributed by atoms with Crippen LogP contribution in [0.1, 0.15) is 48.2 Å². The Labute approximate surface area is 159 Å². The number of hydrogen-bond donors (Lipinski definition) is 1. The molecule has 0 unspecified atom stereocenters. The van der Waals surface area contributed by atoms with E-state index >= 15 is 0 Å². The van der Waals surface area contributed by atoms with Gasteiger partial charge in [0.15, 0.2) is 6.61 Å². The zero-order valence-corrected chi connectivity index (χ0v) is 15.8. The maximum atomic E-state index is 11.8. The molecule has 0 fully saturated rings. The summed E-state index contributed by atoms with van der Waals surface area (Å²) < 4.78 is 10.3. The number of nitrogens with one attached hydrogen (secondary N) is 1. The van der Waals surface area contributed by atoms with Crippen molar-refractivity contribution >= 4 is 18.1 Å². The Kier molecular flexibility index (Phi) is 7.55. The second-order valence-corrected chi connectivity index (χ2v) is 6.15. The lowest BCUT2D eigenvalue weighted by atomic mass is 10.0. The topological polar surface area (TPSA) is 77.0 Å². The van der Waals surface area contributed by atoms with Gasteiger partial charge >= 0.3 is 5.97 Å². The number of amides is 1. The van der Waals surface area contributed by atoms with Gasteiger partial charge in [-0.3, -0.25) is 4.79 Å². The third kappa shape index (κ3) is 6.58. The fraction of sp³-hybridized carbons (Fsp3) is 0.286. The summed E-state index contributed by atoms with van der Waals surface area (Å²) >= 11 is 0. The SMILES string of the molecule is CCOC(=O)c1ccc(OCC(=O)NN=Cc2ccc(C(C)C)cc2)cc1. The van der Waals surface area contributed by atoms with Gasteiger partial charge in [0, 0.05) is 0 Å². The minimum Gasteiger partial charge on any atom is -0.484 e. The van der Waals surface area contributed by atoms with Crippen LogP contribution in [-0.4, -0.2) is 31.3 Å². The van der Waals surface area contributed by atoms with Crippen LogP contribution in [-0.2, 0) is 9.53 Å². The summed E-state index contributed by atoms with van der Waals surface area (Å²) in [4.78, 5) is 23.4. The van der Waals surface area contributed by atoms with Crippen LogP contribution in [0.4, 0.5) is 0 Å². The highest BCUT2D eigenvalue weighted by atomic mass is 16.5. The van der Waals surface area contributed by atoms with Crippen molar-refractivity contribution in [3.8, 4) is 5.75 Å². The van der Waals surface area contributed by atoms with Gasteiger partial charge < -0.3 is 9.47 Å². The van der Waals surface area contributed by atoms with E-state index in [-0.39, 0.29) is 12.5 Å². The quantitative estimate of drug-likeness (QED) is 0.439. The number of carbonyl (C=O) groups is 2. The first kappa shape index (κ1) is 20.2. The number of hydrazone groups is 1.